The molecule has 0 aliphatic carbocycles. The number of ether oxygens (including phenoxy) is 1. The first-order chi connectivity index (χ1) is 15.0. The molecule has 0 spiro atoms. The van der Waals surface area contributed by atoms with Gasteiger partial charge in [0.1, 0.15) is 5.75 Å². The van der Waals surface area contributed by atoms with E-state index in [1.165, 1.54) is 0 Å². The van der Waals surface area contributed by atoms with E-state index in [4.69, 9.17) is 9.26 Å². The molecule has 0 saturated carbocycles. The molecule has 1 N–H and O–H groups in total. The molecule has 31 heavy (non-hydrogen) atoms. The fourth-order valence-electron chi connectivity index (χ4n) is 3.14. The number of carbonyl (C=O) groups is 1. The van der Waals surface area contributed by atoms with Crippen molar-refractivity contribution in [3.8, 4) is 28.6 Å². The second-order valence-electron chi connectivity index (χ2n) is 7.37. The molecule has 0 radical (unpaired) electrons. The zero-order chi connectivity index (χ0) is 21.8. The van der Waals surface area contributed by atoms with Crippen LogP contribution in [0.15, 0.2) is 71.3 Å². The first kappa shape index (κ1) is 20.3. The topological polar surface area (TPSA) is 77.2 Å². The Hall–Kier alpha value is -3.93. The molecule has 6 heteroatoms. The minimum absolute atomic E-state index is 0.100. The number of aryl methyl sites for hydroxylation is 2. The maximum Gasteiger partial charge on any atom is 0.262 e. The van der Waals surface area contributed by atoms with E-state index in [9.17, 15) is 4.79 Å². The summed E-state index contributed by atoms with van der Waals surface area (Å²) in [6, 6.07) is 21.0. The van der Waals surface area contributed by atoms with Gasteiger partial charge in [-0.25, -0.2) is 0 Å². The second kappa shape index (κ2) is 8.83. The van der Waals surface area contributed by atoms with Crippen LogP contribution >= 0.6 is 0 Å². The molecule has 0 unspecified atom stereocenters. The van der Waals surface area contributed by atoms with E-state index in [0.29, 0.717) is 28.7 Å². The van der Waals surface area contributed by atoms with Crippen molar-refractivity contribution in [2.45, 2.75) is 20.8 Å². The highest BCUT2D eigenvalue weighted by atomic mass is 16.5. The van der Waals surface area contributed by atoms with E-state index in [-0.39, 0.29) is 12.5 Å². The van der Waals surface area contributed by atoms with Gasteiger partial charge in [0.2, 0.25) is 5.82 Å². The number of nitrogens with zero attached hydrogens (tertiary/aromatic N) is 2. The maximum atomic E-state index is 12.5. The Morgan fingerprint density at radius 2 is 1.74 bits per heavy atom. The molecular formula is C25H23N3O3. The molecule has 0 fully saturated rings. The van der Waals surface area contributed by atoms with Crippen molar-refractivity contribution >= 4 is 11.6 Å². The van der Waals surface area contributed by atoms with E-state index in [1.807, 2.05) is 81.4 Å². The first-order valence-electron chi connectivity index (χ1n) is 10.0. The van der Waals surface area contributed by atoms with Crippen molar-refractivity contribution in [2.75, 3.05) is 11.9 Å². The standard InChI is InChI=1S/C25H23N3O3/c1-16-11-13-19(14-12-16)24-27-25(31-28-24)20-8-4-5-9-21(20)26-23(29)15-30-22-10-6-7-17(2)18(22)3/h4-14H,15H2,1-3H3,(H,26,29). The van der Waals surface area contributed by atoms with Crippen molar-refractivity contribution in [1.29, 1.82) is 0 Å². The van der Waals surface area contributed by atoms with Crippen molar-refractivity contribution < 1.29 is 14.1 Å². The smallest absolute Gasteiger partial charge is 0.262 e. The molecule has 0 aliphatic rings. The van der Waals surface area contributed by atoms with Crippen LogP contribution in [0.3, 0.4) is 0 Å². The molecule has 0 bridgehead atoms. The molecule has 0 saturated heterocycles. The van der Waals surface area contributed by atoms with Gasteiger partial charge in [0, 0.05) is 5.56 Å². The van der Waals surface area contributed by atoms with Crippen LogP contribution in [-0.4, -0.2) is 22.7 Å². The molecule has 4 rings (SSSR count). The molecule has 0 aliphatic heterocycles. The number of nitrogens with one attached hydrogen (secondary N) is 1. The third kappa shape index (κ3) is 4.64. The molecule has 1 heterocycles. The molecule has 156 valence electrons. The summed E-state index contributed by atoms with van der Waals surface area (Å²) in [6.45, 7) is 5.90. The summed E-state index contributed by atoms with van der Waals surface area (Å²) in [5, 5.41) is 6.96. The highest BCUT2D eigenvalue weighted by Gasteiger charge is 2.16. The van der Waals surface area contributed by atoms with Gasteiger partial charge in [-0.15, -0.1) is 0 Å². The predicted molar refractivity (Wildman–Crippen MR) is 120 cm³/mol. The van der Waals surface area contributed by atoms with Gasteiger partial charge in [-0.2, -0.15) is 4.98 Å². The average Bonchev–Trinajstić information content (AvgIpc) is 3.26. The van der Waals surface area contributed by atoms with Crippen LogP contribution in [0.5, 0.6) is 5.75 Å². The van der Waals surface area contributed by atoms with Crippen molar-refractivity contribution in [3.63, 3.8) is 0 Å². The van der Waals surface area contributed by atoms with E-state index in [2.05, 4.69) is 15.5 Å². The molecule has 4 aromatic rings. The minimum atomic E-state index is -0.272. The molecule has 1 aromatic heterocycles. The molecule has 6 nitrogen and oxygen atoms in total. The van der Waals surface area contributed by atoms with Crippen LogP contribution in [0, 0.1) is 20.8 Å². The Bertz CT molecular complexity index is 1210. The van der Waals surface area contributed by atoms with Crippen LogP contribution in [0.25, 0.3) is 22.8 Å². The lowest BCUT2D eigenvalue weighted by molar-refractivity contribution is -0.118. The fraction of sp³-hybridized carbons (Fsp3) is 0.160. The van der Waals surface area contributed by atoms with Gasteiger partial charge in [0.25, 0.3) is 11.8 Å². The first-order valence-corrected chi connectivity index (χ1v) is 10.0. The average molecular weight is 413 g/mol. The highest BCUT2D eigenvalue weighted by Crippen LogP contribution is 2.28. The van der Waals surface area contributed by atoms with E-state index >= 15 is 0 Å². The zero-order valence-corrected chi connectivity index (χ0v) is 17.7. The Labute approximate surface area is 180 Å². The Kier molecular flexibility index (Phi) is 5.80. The van der Waals surface area contributed by atoms with Gasteiger partial charge in [-0.3, -0.25) is 4.79 Å². The fourth-order valence-corrected chi connectivity index (χ4v) is 3.14. The minimum Gasteiger partial charge on any atom is -0.483 e. The number of anilines is 1. The maximum absolute atomic E-state index is 12.5. The van der Waals surface area contributed by atoms with E-state index < -0.39 is 0 Å². The predicted octanol–water partition coefficient (Wildman–Crippen LogP) is 5.35. The quantitative estimate of drug-likeness (QED) is 0.461. The number of amides is 1. The molecule has 3 aromatic carbocycles. The summed E-state index contributed by atoms with van der Waals surface area (Å²) >= 11 is 0. The number of hydrogen-bond acceptors (Lipinski definition) is 5. The van der Waals surface area contributed by atoms with Gasteiger partial charge in [-0.05, 0) is 50.1 Å². The lowest BCUT2D eigenvalue weighted by Gasteiger charge is -2.12. The number of hydrogen-bond donors (Lipinski definition) is 1. The number of benzene rings is 3. The largest absolute Gasteiger partial charge is 0.483 e. The van der Waals surface area contributed by atoms with Crippen LogP contribution < -0.4 is 10.1 Å². The van der Waals surface area contributed by atoms with Gasteiger partial charge >= 0.3 is 0 Å². The second-order valence-corrected chi connectivity index (χ2v) is 7.37. The number of carbonyl (C=O) groups excluding carboxylic acids is 1. The van der Waals surface area contributed by atoms with E-state index in [1.54, 1.807) is 6.07 Å². The zero-order valence-electron chi connectivity index (χ0n) is 17.7. The monoisotopic (exact) mass is 413 g/mol. The van der Waals surface area contributed by atoms with Crippen molar-refractivity contribution in [2.24, 2.45) is 0 Å². The summed E-state index contributed by atoms with van der Waals surface area (Å²) in [7, 11) is 0. The summed E-state index contributed by atoms with van der Waals surface area (Å²) in [5.41, 5.74) is 5.38. The van der Waals surface area contributed by atoms with Crippen LogP contribution in [-0.2, 0) is 4.79 Å². The number of rotatable bonds is 6. The Morgan fingerprint density at radius 1 is 0.968 bits per heavy atom. The van der Waals surface area contributed by atoms with Gasteiger partial charge in [0.15, 0.2) is 6.61 Å². The summed E-state index contributed by atoms with van der Waals surface area (Å²) in [5.74, 6) is 1.26. The Morgan fingerprint density at radius 3 is 2.55 bits per heavy atom. The third-order valence-electron chi connectivity index (χ3n) is 5.08. The molecule has 0 atom stereocenters. The summed E-state index contributed by atoms with van der Waals surface area (Å²) < 4.78 is 11.2. The van der Waals surface area contributed by atoms with Crippen molar-refractivity contribution in [1.82, 2.24) is 10.1 Å². The highest BCUT2D eigenvalue weighted by molar-refractivity contribution is 5.95. The Balaban J connectivity index is 1.49. The lowest BCUT2D eigenvalue weighted by Crippen LogP contribution is -2.20. The SMILES string of the molecule is Cc1ccc(-c2noc(-c3ccccc3NC(=O)COc3cccc(C)c3C)n2)cc1. The lowest BCUT2D eigenvalue weighted by atomic mass is 10.1. The number of aromatic nitrogens is 2. The summed E-state index contributed by atoms with van der Waals surface area (Å²) in [4.78, 5) is 17.0. The normalized spacial score (nSPS) is 10.7. The van der Waals surface area contributed by atoms with E-state index in [0.717, 1.165) is 22.3 Å². The van der Waals surface area contributed by atoms with Gasteiger partial charge in [0.05, 0.1) is 11.3 Å². The van der Waals surface area contributed by atoms with Crippen LogP contribution in [0.2, 0.25) is 0 Å². The third-order valence-corrected chi connectivity index (χ3v) is 5.08. The molecular weight excluding hydrogens is 390 g/mol. The van der Waals surface area contributed by atoms with Crippen molar-refractivity contribution in [3.05, 3.63) is 83.4 Å². The number of para-hydroxylation sites is 1. The van der Waals surface area contributed by atoms with Gasteiger partial charge < -0.3 is 14.6 Å². The summed E-state index contributed by atoms with van der Waals surface area (Å²) in [6.07, 6.45) is 0. The van der Waals surface area contributed by atoms with Crippen LogP contribution in [0.1, 0.15) is 16.7 Å². The molecule has 1 amide bonds. The van der Waals surface area contributed by atoms with Crippen LogP contribution in [0.4, 0.5) is 5.69 Å². The van der Waals surface area contributed by atoms with Gasteiger partial charge in [-0.1, -0.05) is 59.3 Å².